The highest BCUT2D eigenvalue weighted by atomic mass is 127. The molecule has 1 aliphatic heterocycles. The molecule has 126 valence electrons. The van der Waals surface area contributed by atoms with Gasteiger partial charge < -0.3 is 15.5 Å². The summed E-state index contributed by atoms with van der Waals surface area (Å²) in [6, 6.07) is 0.421. The van der Waals surface area contributed by atoms with E-state index in [4.69, 9.17) is 0 Å². The van der Waals surface area contributed by atoms with Crippen molar-refractivity contribution in [3.63, 3.8) is 0 Å². The molecule has 0 aromatic heterocycles. The second kappa shape index (κ2) is 8.36. The number of hydrogen-bond donors (Lipinski definition) is 2. The smallest absolute Gasteiger partial charge is 0.242 e. The molecule has 1 heterocycles. The molecule has 2 unspecified atom stereocenters. The van der Waals surface area contributed by atoms with E-state index < -0.39 is 0 Å². The molecule has 1 saturated heterocycles. The van der Waals surface area contributed by atoms with Crippen LogP contribution in [0, 0.1) is 11.8 Å². The van der Waals surface area contributed by atoms with Crippen molar-refractivity contribution in [3.8, 4) is 0 Å². The minimum atomic E-state index is 0. The van der Waals surface area contributed by atoms with Gasteiger partial charge in [-0.05, 0) is 44.4 Å². The number of carbonyl (C=O) groups is 1. The number of aliphatic imine (C=N–C) groups is 1. The maximum absolute atomic E-state index is 11.8. The molecule has 0 spiro atoms. The predicted octanol–water partition coefficient (Wildman–Crippen LogP) is 1.97. The van der Waals surface area contributed by atoms with Crippen LogP contribution >= 0.6 is 24.0 Å². The van der Waals surface area contributed by atoms with Crippen LogP contribution in [0.3, 0.4) is 0 Å². The average molecular weight is 420 g/mol. The third-order valence-corrected chi connectivity index (χ3v) is 4.93. The molecule has 5 nitrogen and oxygen atoms in total. The molecule has 0 radical (unpaired) electrons. The van der Waals surface area contributed by atoms with Crippen molar-refractivity contribution in [2.75, 3.05) is 26.2 Å². The number of fused-ring (bicyclic) bond motifs is 1. The minimum absolute atomic E-state index is 0. The maximum Gasteiger partial charge on any atom is 0.242 e. The Morgan fingerprint density at radius 2 is 1.77 bits per heavy atom. The van der Waals surface area contributed by atoms with Gasteiger partial charge in [-0.1, -0.05) is 12.8 Å². The van der Waals surface area contributed by atoms with Crippen molar-refractivity contribution in [2.24, 2.45) is 16.8 Å². The zero-order valence-corrected chi connectivity index (χ0v) is 15.8. The molecule has 3 fully saturated rings. The van der Waals surface area contributed by atoms with Crippen LogP contribution < -0.4 is 10.6 Å². The second-order valence-electron chi connectivity index (χ2n) is 6.72. The molecular formula is C16H29IN4O. The van der Waals surface area contributed by atoms with Gasteiger partial charge in [0.1, 0.15) is 6.54 Å². The molecule has 2 N–H and O–H groups in total. The lowest BCUT2D eigenvalue weighted by atomic mass is 9.82. The van der Waals surface area contributed by atoms with Gasteiger partial charge >= 0.3 is 0 Å². The van der Waals surface area contributed by atoms with E-state index in [9.17, 15) is 4.79 Å². The van der Waals surface area contributed by atoms with Crippen LogP contribution in [0.1, 0.15) is 45.4 Å². The lowest BCUT2D eigenvalue weighted by Crippen LogP contribution is -2.41. The summed E-state index contributed by atoms with van der Waals surface area (Å²) in [6.45, 7) is 5.42. The van der Waals surface area contributed by atoms with Gasteiger partial charge in [0.2, 0.25) is 5.91 Å². The molecule has 3 aliphatic rings. The molecule has 22 heavy (non-hydrogen) atoms. The first kappa shape index (κ1) is 17.8. The number of nitrogens with zero attached hydrogens (tertiary/aromatic N) is 2. The standard InChI is InChI=1S/C16H28N4O.HI/c1-2-17-16(18-9-15(21)19-14-7-8-14)20-10-12-5-3-4-6-13(12)11-20;/h12-14H,2-11H2,1H3,(H,17,18)(H,19,21);1H. The number of carbonyl (C=O) groups excluding carboxylic acids is 1. The monoisotopic (exact) mass is 420 g/mol. The van der Waals surface area contributed by atoms with Gasteiger partial charge in [0.15, 0.2) is 5.96 Å². The predicted molar refractivity (Wildman–Crippen MR) is 99.6 cm³/mol. The summed E-state index contributed by atoms with van der Waals surface area (Å²) in [5.41, 5.74) is 0. The van der Waals surface area contributed by atoms with Crippen LogP contribution in [0.15, 0.2) is 4.99 Å². The summed E-state index contributed by atoms with van der Waals surface area (Å²) in [4.78, 5) is 18.7. The molecule has 1 amide bonds. The van der Waals surface area contributed by atoms with Crippen molar-refractivity contribution in [1.29, 1.82) is 0 Å². The van der Waals surface area contributed by atoms with Crippen LogP contribution in [0.5, 0.6) is 0 Å². The number of halogens is 1. The first-order valence-corrected chi connectivity index (χ1v) is 8.59. The summed E-state index contributed by atoms with van der Waals surface area (Å²) in [5, 5.41) is 6.35. The third kappa shape index (κ3) is 4.73. The van der Waals surface area contributed by atoms with Crippen molar-refractivity contribution >= 4 is 35.8 Å². The molecule has 2 atom stereocenters. The first-order chi connectivity index (χ1) is 10.3. The van der Waals surface area contributed by atoms with Gasteiger partial charge in [-0.2, -0.15) is 0 Å². The van der Waals surface area contributed by atoms with E-state index in [0.717, 1.165) is 50.3 Å². The summed E-state index contributed by atoms with van der Waals surface area (Å²) < 4.78 is 0. The Kier molecular flexibility index (Phi) is 6.77. The van der Waals surface area contributed by atoms with Gasteiger partial charge in [-0.3, -0.25) is 4.79 Å². The minimum Gasteiger partial charge on any atom is -0.357 e. The van der Waals surface area contributed by atoms with Crippen LogP contribution in [0.4, 0.5) is 0 Å². The number of nitrogens with one attached hydrogen (secondary N) is 2. The van der Waals surface area contributed by atoms with E-state index in [1.165, 1.54) is 25.7 Å². The van der Waals surface area contributed by atoms with Crippen LogP contribution in [0.2, 0.25) is 0 Å². The molecule has 0 aromatic carbocycles. The van der Waals surface area contributed by atoms with Gasteiger partial charge in [0.25, 0.3) is 0 Å². The Labute approximate surface area is 150 Å². The van der Waals surface area contributed by atoms with Crippen LogP contribution in [-0.4, -0.2) is 49.0 Å². The fourth-order valence-electron chi connectivity index (χ4n) is 3.65. The van der Waals surface area contributed by atoms with E-state index in [2.05, 4.69) is 27.4 Å². The molecule has 0 bridgehead atoms. The summed E-state index contributed by atoms with van der Waals surface area (Å²) >= 11 is 0. The number of likely N-dealkylation sites (tertiary alicyclic amines) is 1. The highest BCUT2D eigenvalue weighted by molar-refractivity contribution is 14.0. The Bertz CT molecular complexity index is 397. The van der Waals surface area contributed by atoms with Crippen LogP contribution in [0.25, 0.3) is 0 Å². The second-order valence-corrected chi connectivity index (χ2v) is 6.72. The summed E-state index contributed by atoms with van der Waals surface area (Å²) in [5.74, 6) is 2.66. The molecular weight excluding hydrogens is 391 g/mol. The molecule has 2 saturated carbocycles. The maximum atomic E-state index is 11.8. The normalized spacial score (nSPS) is 27.9. The van der Waals surface area contributed by atoms with Gasteiger partial charge in [-0.25, -0.2) is 4.99 Å². The zero-order valence-electron chi connectivity index (χ0n) is 13.5. The topological polar surface area (TPSA) is 56.7 Å². The Balaban J connectivity index is 0.00000176. The van der Waals surface area contributed by atoms with E-state index in [1.807, 2.05) is 0 Å². The van der Waals surface area contributed by atoms with Crippen molar-refractivity contribution in [1.82, 2.24) is 15.5 Å². The molecule has 6 heteroatoms. The number of amides is 1. The van der Waals surface area contributed by atoms with Crippen molar-refractivity contribution < 1.29 is 4.79 Å². The summed E-state index contributed by atoms with van der Waals surface area (Å²) in [7, 11) is 0. The Morgan fingerprint density at radius 3 is 2.32 bits per heavy atom. The fraction of sp³-hybridized carbons (Fsp3) is 0.875. The van der Waals surface area contributed by atoms with Gasteiger partial charge in [0.05, 0.1) is 0 Å². The van der Waals surface area contributed by atoms with E-state index in [1.54, 1.807) is 0 Å². The molecule has 3 rings (SSSR count). The van der Waals surface area contributed by atoms with Gasteiger partial charge in [0, 0.05) is 25.7 Å². The van der Waals surface area contributed by atoms with E-state index in [-0.39, 0.29) is 36.4 Å². The fourth-order valence-corrected chi connectivity index (χ4v) is 3.65. The number of guanidine groups is 1. The van der Waals surface area contributed by atoms with Gasteiger partial charge in [-0.15, -0.1) is 24.0 Å². The zero-order chi connectivity index (χ0) is 14.7. The first-order valence-electron chi connectivity index (χ1n) is 8.59. The lowest BCUT2D eigenvalue weighted by molar-refractivity contribution is -0.119. The van der Waals surface area contributed by atoms with E-state index in [0.29, 0.717) is 6.04 Å². The number of rotatable bonds is 4. The Hall–Kier alpha value is -0.530. The van der Waals surface area contributed by atoms with Crippen molar-refractivity contribution in [3.05, 3.63) is 0 Å². The lowest BCUT2D eigenvalue weighted by Gasteiger charge is -2.22. The largest absolute Gasteiger partial charge is 0.357 e. The SMILES string of the molecule is CCNC(=NCC(=O)NC1CC1)N1CC2CCCCC2C1.I. The van der Waals surface area contributed by atoms with Crippen molar-refractivity contribution in [2.45, 2.75) is 51.5 Å². The van der Waals surface area contributed by atoms with E-state index >= 15 is 0 Å². The molecule has 0 aromatic rings. The third-order valence-electron chi connectivity index (χ3n) is 4.93. The van der Waals surface area contributed by atoms with Crippen LogP contribution in [-0.2, 0) is 4.79 Å². The highest BCUT2D eigenvalue weighted by Gasteiger charge is 2.35. The quantitative estimate of drug-likeness (QED) is 0.416. The molecule has 2 aliphatic carbocycles. The Morgan fingerprint density at radius 1 is 1.14 bits per heavy atom. The highest BCUT2D eigenvalue weighted by Crippen LogP contribution is 2.35. The summed E-state index contributed by atoms with van der Waals surface area (Å²) in [6.07, 6.45) is 7.75. The average Bonchev–Trinajstić information content (AvgIpc) is 3.18. The number of hydrogen-bond acceptors (Lipinski definition) is 2.